The van der Waals surface area contributed by atoms with Gasteiger partial charge in [0.05, 0.1) is 4.92 Å². The van der Waals surface area contributed by atoms with Crippen LogP contribution in [-0.4, -0.2) is 22.5 Å². The van der Waals surface area contributed by atoms with E-state index >= 15 is 0 Å². The normalized spacial score (nSPS) is 10.1. The zero-order valence-corrected chi connectivity index (χ0v) is 11.4. The molecule has 1 N–H and O–H groups in total. The number of nitro benzene ring substituents is 1. The number of rotatable bonds is 4. The van der Waals surface area contributed by atoms with Crippen LogP contribution in [0.4, 0.5) is 11.4 Å². The molecule has 0 aliphatic heterocycles. The molecule has 0 unspecified atom stereocenters. The smallest absolute Gasteiger partial charge is 0.282 e. The maximum absolute atomic E-state index is 12.6. The number of phenols is 1. The zero-order valence-electron chi connectivity index (χ0n) is 11.4. The first-order valence-electron chi connectivity index (χ1n) is 6.39. The van der Waals surface area contributed by atoms with Crippen LogP contribution in [0, 0.1) is 10.1 Å². The topological polar surface area (TPSA) is 83.7 Å². The molecule has 108 valence electrons. The minimum absolute atomic E-state index is 0.134. The standard InChI is InChI=1S/C15H14N2O4/c1-2-16(11-6-4-3-5-7-11)15(19)13-10-12(18)8-9-14(13)17(20)21/h3-10,18H,2H2,1H3. The first kappa shape index (κ1) is 14.5. The molecule has 1 amide bonds. The van der Waals surface area contributed by atoms with Gasteiger partial charge in [-0.2, -0.15) is 0 Å². The molecule has 0 aromatic heterocycles. The first-order chi connectivity index (χ1) is 10.0. The highest BCUT2D eigenvalue weighted by atomic mass is 16.6. The van der Waals surface area contributed by atoms with Crippen LogP contribution < -0.4 is 4.90 Å². The molecular formula is C15H14N2O4. The lowest BCUT2D eigenvalue weighted by atomic mass is 10.1. The molecule has 0 aliphatic rings. The van der Waals surface area contributed by atoms with Crippen LogP contribution in [-0.2, 0) is 0 Å². The molecule has 0 radical (unpaired) electrons. The van der Waals surface area contributed by atoms with Gasteiger partial charge in [-0.3, -0.25) is 14.9 Å². The largest absolute Gasteiger partial charge is 0.508 e. The van der Waals surface area contributed by atoms with Crippen molar-refractivity contribution < 1.29 is 14.8 Å². The highest BCUT2D eigenvalue weighted by Gasteiger charge is 2.25. The Kier molecular flexibility index (Phi) is 4.18. The Bertz CT molecular complexity index is 671. The van der Waals surface area contributed by atoms with E-state index in [2.05, 4.69) is 0 Å². The number of amides is 1. The summed E-state index contributed by atoms with van der Waals surface area (Å²) in [7, 11) is 0. The zero-order chi connectivity index (χ0) is 15.4. The Morgan fingerprint density at radius 2 is 1.90 bits per heavy atom. The Hall–Kier alpha value is -2.89. The number of phenolic OH excluding ortho intramolecular Hbond substituents is 1. The Morgan fingerprint density at radius 1 is 1.24 bits per heavy atom. The van der Waals surface area contributed by atoms with Crippen molar-refractivity contribution in [3.63, 3.8) is 0 Å². The van der Waals surface area contributed by atoms with Crippen LogP contribution in [0.15, 0.2) is 48.5 Å². The van der Waals surface area contributed by atoms with Crippen molar-refractivity contribution in [3.8, 4) is 5.75 Å². The van der Waals surface area contributed by atoms with E-state index in [0.717, 1.165) is 12.1 Å². The number of nitro groups is 1. The van der Waals surface area contributed by atoms with Crippen molar-refractivity contribution in [3.05, 3.63) is 64.2 Å². The summed E-state index contributed by atoms with van der Waals surface area (Å²) >= 11 is 0. The first-order valence-corrected chi connectivity index (χ1v) is 6.39. The number of nitrogens with zero attached hydrogens (tertiary/aromatic N) is 2. The molecule has 2 aromatic carbocycles. The van der Waals surface area contributed by atoms with Gasteiger partial charge in [0.2, 0.25) is 0 Å². The quantitative estimate of drug-likeness (QED) is 0.691. The van der Waals surface area contributed by atoms with E-state index in [0.29, 0.717) is 12.2 Å². The van der Waals surface area contributed by atoms with E-state index in [4.69, 9.17) is 0 Å². The summed E-state index contributed by atoms with van der Waals surface area (Å²) in [4.78, 5) is 24.4. The molecule has 0 heterocycles. The van der Waals surface area contributed by atoms with Crippen molar-refractivity contribution in [2.75, 3.05) is 11.4 Å². The number of carbonyl (C=O) groups excluding carboxylic acids is 1. The third-order valence-corrected chi connectivity index (χ3v) is 3.04. The van der Waals surface area contributed by atoms with Crippen LogP contribution in [0.25, 0.3) is 0 Å². The van der Waals surface area contributed by atoms with Gasteiger partial charge < -0.3 is 10.0 Å². The summed E-state index contributed by atoms with van der Waals surface area (Å²) in [5.74, 6) is -0.709. The lowest BCUT2D eigenvalue weighted by molar-refractivity contribution is -0.385. The minimum Gasteiger partial charge on any atom is -0.508 e. The summed E-state index contributed by atoms with van der Waals surface area (Å²) < 4.78 is 0. The van der Waals surface area contributed by atoms with Crippen LogP contribution >= 0.6 is 0 Å². The van der Waals surface area contributed by atoms with E-state index in [1.54, 1.807) is 31.2 Å². The van der Waals surface area contributed by atoms with Crippen molar-refractivity contribution in [1.29, 1.82) is 0 Å². The highest BCUT2D eigenvalue weighted by Crippen LogP contribution is 2.26. The summed E-state index contributed by atoms with van der Waals surface area (Å²) in [6.45, 7) is 2.13. The highest BCUT2D eigenvalue weighted by molar-refractivity contribution is 6.08. The summed E-state index contributed by atoms with van der Waals surface area (Å²) in [6, 6.07) is 12.3. The van der Waals surface area contributed by atoms with E-state index in [-0.39, 0.29) is 17.0 Å². The third kappa shape index (κ3) is 3.00. The van der Waals surface area contributed by atoms with Gasteiger partial charge in [0.15, 0.2) is 0 Å². The van der Waals surface area contributed by atoms with E-state index in [1.165, 1.54) is 11.0 Å². The summed E-state index contributed by atoms with van der Waals surface area (Å²) in [6.07, 6.45) is 0. The lowest BCUT2D eigenvalue weighted by Gasteiger charge is -2.21. The second kappa shape index (κ2) is 6.04. The number of hydrogen-bond donors (Lipinski definition) is 1. The molecule has 0 atom stereocenters. The number of hydrogen-bond acceptors (Lipinski definition) is 4. The average Bonchev–Trinajstić information content (AvgIpc) is 2.48. The molecule has 0 bridgehead atoms. The minimum atomic E-state index is -0.633. The number of anilines is 1. The second-order valence-electron chi connectivity index (χ2n) is 4.34. The monoisotopic (exact) mass is 286 g/mol. The predicted octanol–water partition coefficient (Wildman–Crippen LogP) is 2.97. The maximum Gasteiger partial charge on any atom is 0.282 e. The van der Waals surface area contributed by atoms with Gasteiger partial charge in [0.25, 0.3) is 11.6 Å². The molecule has 0 saturated heterocycles. The SMILES string of the molecule is CCN(C(=O)c1cc(O)ccc1[N+](=O)[O-])c1ccccc1. The fourth-order valence-corrected chi connectivity index (χ4v) is 2.05. The van der Waals surface area contributed by atoms with E-state index in [9.17, 15) is 20.0 Å². The molecule has 0 spiro atoms. The van der Waals surface area contributed by atoms with Crippen LogP contribution in [0.1, 0.15) is 17.3 Å². The molecule has 6 heteroatoms. The average molecular weight is 286 g/mol. The van der Waals surface area contributed by atoms with Gasteiger partial charge in [-0.15, -0.1) is 0 Å². The van der Waals surface area contributed by atoms with E-state index < -0.39 is 10.8 Å². The number of para-hydroxylation sites is 1. The summed E-state index contributed by atoms with van der Waals surface area (Å²) in [5.41, 5.74) is 0.181. The number of aromatic hydroxyl groups is 1. The lowest BCUT2D eigenvalue weighted by Crippen LogP contribution is -2.31. The van der Waals surface area contributed by atoms with Gasteiger partial charge in [-0.05, 0) is 31.2 Å². The molecule has 6 nitrogen and oxygen atoms in total. The predicted molar refractivity (Wildman–Crippen MR) is 78.6 cm³/mol. The molecule has 21 heavy (non-hydrogen) atoms. The van der Waals surface area contributed by atoms with Crippen LogP contribution in [0.5, 0.6) is 5.75 Å². The molecule has 0 aliphatic carbocycles. The molecule has 2 aromatic rings. The fourth-order valence-electron chi connectivity index (χ4n) is 2.05. The van der Waals surface area contributed by atoms with Crippen molar-refractivity contribution in [1.82, 2.24) is 0 Å². The maximum atomic E-state index is 12.6. The molecular weight excluding hydrogens is 272 g/mol. The summed E-state index contributed by atoms with van der Waals surface area (Å²) in [5, 5.41) is 20.5. The number of benzene rings is 2. The molecule has 0 fully saturated rings. The van der Waals surface area contributed by atoms with Gasteiger partial charge in [-0.1, -0.05) is 18.2 Å². The van der Waals surface area contributed by atoms with Gasteiger partial charge in [0.1, 0.15) is 11.3 Å². The van der Waals surface area contributed by atoms with Gasteiger partial charge in [-0.25, -0.2) is 0 Å². The fraction of sp³-hybridized carbons (Fsp3) is 0.133. The second-order valence-corrected chi connectivity index (χ2v) is 4.34. The molecule has 2 rings (SSSR count). The van der Waals surface area contributed by atoms with Crippen LogP contribution in [0.3, 0.4) is 0 Å². The van der Waals surface area contributed by atoms with Crippen LogP contribution in [0.2, 0.25) is 0 Å². The Morgan fingerprint density at radius 3 is 2.48 bits per heavy atom. The van der Waals surface area contributed by atoms with Gasteiger partial charge in [0, 0.05) is 18.3 Å². The Labute approximate surface area is 121 Å². The van der Waals surface area contributed by atoms with Crippen molar-refractivity contribution in [2.24, 2.45) is 0 Å². The van der Waals surface area contributed by atoms with Gasteiger partial charge >= 0.3 is 0 Å². The number of carbonyl (C=O) groups is 1. The van der Waals surface area contributed by atoms with Crippen molar-refractivity contribution >= 4 is 17.3 Å². The third-order valence-electron chi connectivity index (χ3n) is 3.04. The Balaban J connectivity index is 2.48. The van der Waals surface area contributed by atoms with Crippen molar-refractivity contribution in [2.45, 2.75) is 6.92 Å². The van der Waals surface area contributed by atoms with E-state index in [1.807, 2.05) is 6.07 Å². The molecule has 0 saturated carbocycles.